The summed E-state index contributed by atoms with van der Waals surface area (Å²) in [4.78, 5) is 24.3. The van der Waals surface area contributed by atoms with E-state index in [1.807, 2.05) is 0 Å². The highest BCUT2D eigenvalue weighted by molar-refractivity contribution is 7.92. The minimum atomic E-state index is -3.60. The Morgan fingerprint density at radius 3 is 2.41 bits per heavy atom. The number of rotatable bonds is 10. The number of nitrogens with one attached hydrogen (secondary N) is 1. The number of halogens is 2. The first-order valence-corrected chi connectivity index (χ1v) is 12.2. The van der Waals surface area contributed by atoms with Gasteiger partial charge in [0.25, 0.3) is 0 Å². The lowest BCUT2D eigenvalue weighted by Crippen LogP contribution is -2.31. The molecule has 0 aliphatic heterocycles. The van der Waals surface area contributed by atoms with Gasteiger partial charge in [0.15, 0.2) is 0 Å². The summed E-state index contributed by atoms with van der Waals surface area (Å²) in [6, 6.07) is 9.13. The number of anilines is 2. The van der Waals surface area contributed by atoms with Crippen molar-refractivity contribution in [3.63, 3.8) is 0 Å². The lowest BCUT2D eigenvalue weighted by Gasteiger charge is -2.23. The average Bonchev–Trinajstić information content (AvgIpc) is 2.71. The lowest BCUT2D eigenvalue weighted by atomic mass is 10.2. The molecule has 0 bridgehead atoms. The van der Waals surface area contributed by atoms with Crippen LogP contribution in [0.25, 0.3) is 0 Å². The van der Waals surface area contributed by atoms with E-state index >= 15 is 0 Å². The zero-order chi connectivity index (χ0) is 23.9. The number of hydrogen-bond donors (Lipinski definition) is 1. The highest BCUT2D eigenvalue weighted by Gasteiger charge is 2.19. The predicted molar refractivity (Wildman–Crippen MR) is 125 cm³/mol. The summed E-state index contributed by atoms with van der Waals surface area (Å²) in [5.41, 5.74) is 0.894. The monoisotopic (exact) mass is 502 g/mol. The third-order valence-corrected chi connectivity index (χ3v) is 6.15. The number of sulfonamides is 1. The molecule has 0 unspecified atom stereocenters. The molecule has 0 atom stereocenters. The summed E-state index contributed by atoms with van der Waals surface area (Å²) < 4.78 is 35.7. The van der Waals surface area contributed by atoms with Gasteiger partial charge in [-0.2, -0.15) is 0 Å². The first-order chi connectivity index (χ1) is 15.1. The molecule has 32 heavy (non-hydrogen) atoms. The Kier molecular flexibility index (Phi) is 9.18. The highest BCUT2D eigenvalue weighted by atomic mass is 35.5. The third kappa shape index (κ3) is 7.01. The molecule has 0 radical (unpaired) electrons. The third-order valence-electron chi connectivity index (χ3n) is 4.33. The van der Waals surface area contributed by atoms with Crippen molar-refractivity contribution >= 4 is 56.5 Å². The molecule has 0 aliphatic rings. The summed E-state index contributed by atoms with van der Waals surface area (Å²) in [5.74, 6) is -0.507. The average molecular weight is 503 g/mol. The Bertz CT molecular complexity index is 1090. The fourth-order valence-corrected chi connectivity index (χ4v) is 4.28. The molecule has 2 aromatic carbocycles. The first-order valence-electron chi connectivity index (χ1n) is 9.64. The van der Waals surface area contributed by atoms with Crippen molar-refractivity contribution in [1.29, 1.82) is 0 Å². The Hall–Kier alpha value is -2.49. The van der Waals surface area contributed by atoms with Gasteiger partial charge in [0.1, 0.15) is 5.75 Å². The molecular weight excluding hydrogens is 479 g/mol. The van der Waals surface area contributed by atoms with E-state index in [1.165, 1.54) is 29.6 Å². The van der Waals surface area contributed by atoms with Crippen LogP contribution in [0.5, 0.6) is 5.75 Å². The van der Waals surface area contributed by atoms with Crippen molar-refractivity contribution in [2.24, 2.45) is 0 Å². The van der Waals surface area contributed by atoms with Crippen LogP contribution in [0.2, 0.25) is 10.0 Å². The van der Waals surface area contributed by atoms with Crippen LogP contribution in [-0.2, 0) is 19.6 Å². The van der Waals surface area contributed by atoms with Crippen LogP contribution in [0.1, 0.15) is 30.1 Å². The molecule has 1 N–H and O–H groups in total. The van der Waals surface area contributed by atoms with Crippen LogP contribution >= 0.6 is 23.2 Å². The normalized spacial score (nSPS) is 11.0. The van der Waals surface area contributed by atoms with Crippen LogP contribution in [0.15, 0.2) is 36.4 Å². The number of ether oxygens (including phenoxy) is 2. The fraction of sp³-hybridized carbons (Fsp3) is 0.333. The van der Waals surface area contributed by atoms with Crippen LogP contribution in [-0.4, -0.2) is 46.8 Å². The maximum atomic E-state index is 12.3. The van der Waals surface area contributed by atoms with Crippen molar-refractivity contribution in [3.8, 4) is 5.75 Å². The second-order valence-corrected chi connectivity index (χ2v) is 9.44. The Morgan fingerprint density at radius 1 is 1.09 bits per heavy atom. The van der Waals surface area contributed by atoms with Gasteiger partial charge in [0.2, 0.25) is 15.9 Å². The second kappa shape index (κ2) is 11.4. The van der Waals surface area contributed by atoms with Gasteiger partial charge in [-0.05, 0) is 49.7 Å². The molecule has 0 heterocycles. The number of benzene rings is 2. The zero-order valence-electron chi connectivity index (χ0n) is 17.9. The topological polar surface area (TPSA) is 102 Å². The van der Waals surface area contributed by atoms with E-state index < -0.39 is 16.0 Å². The van der Waals surface area contributed by atoms with Crippen LogP contribution in [0.4, 0.5) is 11.4 Å². The number of hydrogen-bond acceptors (Lipinski definition) is 6. The minimum absolute atomic E-state index is 0.0489. The molecule has 0 saturated heterocycles. The maximum absolute atomic E-state index is 12.3. The number of carbonyl (C=O) groups is 2. The zero-order valence-corrected chi connectivity index (χ0v) is 20.2. The summed E-state index contributed by atoms with van der Waals surface area (Å²) in [6.07, 6.45) is 1.38. The quantitative estimate of drug-likeness (QED) is 0.484. The Morgan fingerprint density at radius 2 is 1.81 bits per heavy atom. The van der Waals surface area contributed by atoms with Crippen LogP contribution < -0.4 is 14.4 Å². The van der Waals surface area contributed by atoms with Gasteiger partial charge in [0, 0.05) is 18.7 Å². The molecule has 174 valence electrons. The molecular formula is C21H24Cl2N2O6S. The van der Waals surface area contributed by atoms with Gasteiger partial charge >= 0.3 is 5.97 Å². The summed E-state index contributed by atoms with van der Waals surface area (Å²) in [6.45, 7) is 1.95. The van der Waals surface area contributed by atoms with Crippen molar-refractivity contribution in [1.82, 2.24) is 0 Å². The van der Waals surface area contributed by atoms with Gasteiger partial charge in [-0.3, -0.25) is 9.10 Å². The van der Waals surface area contributed by atoms with Crippen molar-refractivity contribution in [2.75, 3.05) is 36.1 Å². The molecule has 8 nitrogen and oxygen atoms in total. The fourth-order valence-electron chi connectivity index (χ4n) is 2.87. The molecule has 1 amide bonds. The van der Waals surface area contributed by atoms with E-state index in [4.69, 9.17) is 32.7 Å². The number of carbonyl (C=O) groups excluding carboxylic acids is 2. The molecule has 0 fully saturated rings. The molecule has 11 heteroatoms. The van der Waals surface area contributed by atoms with Gasteiger partial charge in [-0.15, -0.1) is 0 Å². The molecule has 0 aromatic heterocycles. The minimum Gasteiger partial charge on any atom is -0.495 e. The van der Waals surface area contributed by atoms with E-state index in [0.717, 1.165) is 6.26 Å². The first kappa shape index (κ1) is 25.8. The standard InChI is InChI=1S/C21H24Cl2N2O6S/c1-4-31-21(27)16-12-14(7-9-17(16)22)24-20(26)6-5-11-25(32(3,28)29)15-8-10-19(30-2)18(23)13-15/h7-10,12-13H,4-6,11H2,1-3H3,(H,24,26). The molecule has 0 saturated carbocycles. The summed E-state index contributed by atoms with van der Waals surface area (Å²) in [5, 5.41) is 3.16. The number of nitrogens with zero attached hydrogens (tertiary/aromatic N) is 1. The van der Waals surface area contributed by atoms with Crippen molar-refractivity contribution in [3.05, 3.63) is 52.0 Å². The largest absolute Gasteiger partial charge is 0.495 e. The van der Waals surface area contributed by atoms with Gasteiger partial charge in [-0.25, -0.2) is 13.2 Å². The lowest BCUT2D eigenvalue weighted by molar-refractivity contribution is -0.116. The predicted octanol–water partition coefficient (Wildman–Crippen LogP) is 4.36. The summed E-state index contributed by atoms with van der Waals surface area (Å²) in [7, 11) is -2.14. The molecule has 0 aliphatic carbocycles. The SMILES string of the molecule is CCOC(=O)c1cc(NC(=O)CCCN(c2ccc(OC)c(Cl)c2)S(C)(=O)=O)ccc1Cl. The van der Waals surface area contributed by atoms with Gasteiger partial charge < -0.3 is 14.8 Å². The van der Waals surface area contributed by atoms with Crippen molar-refractivity contribution < 1.29 is 27.5 Å². The van der Waals surface area contributed by atoms with Crippen LogP contribution in [0.3, 0.4) is 0 Å². The van der Waals surface area contributed by atoms with Crippen LogP contribution in [0, 0.1) is 0 Å². The van der Waals surface area contributed by atoms with E-state index in [2.05, 4.69) is 5.32 Å². The summed E-state index contributed by atoms with van der Waals surface area (Å²) >= 11 is 12.1. The molecule has 0 spiro atoms. The Balaban J connectivity index is 2.03. The smallest absolute Gasteiger partial charge is 0.339 e. The second-order valence-electron chi connectivity index (χ2n) is 6.72. The van der Waals surface area contributed by atoms with E-state index in [-0.39, 0.29) is 47.5 Å². The highest BCUT2D eigenvalue weighted by Crippen LogP contribution is 2.30. The van der Waals surface area contributed by atoms with E-state index in [0.29, 0.717) is 17.1 Å². The van der Waals surface area contributed by atoms with Crippen molar-refractivity contribution in [2.45, 2.75) is 19.8 Å². The Labute approximate surface area is 197 Å². The van der Waals surface area contributed by atoms with E-state index in [9.17, 15) is 18.0 Å². The van der Waals surface area contributed by atoms with Gasteiger partial charge in [0.05, 0.1) is 41.3 Å². The number of amides is 1. The van der Waals surface area contributed by atoms with E-state index in [1.54, 1.807) is 25.1 Å². The molecule has 2 aromatic rings. The van der Waals surface area contributed by atoms with Gasteiger partial charge in [-0.1, -0.05) is 23.2 Å². The maximum Gasteiger partial charge on any atom is 0.339 e. The molecule has 2 rings (SSSR count). The number of esters is 1. The number of methoxy groups -OCH3 is 1.